The predicted octanol–water partition coefficient (Wildman–Crippen LogP) is 0.750. The summed E-state index contributed by atoms with van der Waals surface area (Å²) in [6.07, 6.45) is 3.35. The van der Waals surface area contributed by atoms with E-state index in [2.05, 4.69) is 29.2 Å². The van der Waals surface area contributed by atoms with E-state index in [0.29, 0.717) is 32.2 Å². The number of amides is 3. The van der Waals surface area contributed by atoms with Crippen LogP contribution in [0.3, 0.4) is 0 Å². The van der Waals surface area contributed by atoms with Gasteiger partial charge in [-0.25, -0.2) is 5.43 Å². The number of carbonyl (C=O) groups excluding carboxylic acids is 3. The van der Waals surface area contributed by atoms with Crippen LogP contribution < -0.4 is 16.1 Å². The summed E-state index contributed by atoms with van der Waals surface area (Å²) in [5, 5.41) is 15.7. The van der Waals surface area contributed by atoms with Crippen LogP contribution in [0.5, 0.6) is 0 Å². The maximum atomic E-state index is 12.8. The highest BCUT2D eigenvalue weighted by molar-refractivity contribution is 5.98. The Morgan fingerprint density at radius 3 is 2.44 bits per heavy atom. The average molecular weight is 453 g/mol. The van der Waals surface area contributed by atoms with Crippen molar-refractivity contribution in [1.82, 2.24) is 21.1 Å². The van der Waals surface area contributed by atoms with Gasteiger partial charge in [0.1, 0.15) is 18.1 Å². The minimum Gasteiger partial charge on any atom is -0.480 e. The summed E-state index contributed by atoms with van der Waals surface area (Å²) in [6, 6.07) is -2.66. The van der Waals surface area contributed by atoms with Crippen LogP contribution >= 0.6 is 0 Å². The summed E-state index contributed by atoms with van der Waals surface area (Å²) in [6.45, 7) is 12.9. The first-order valence-corrected chi connectivity index (χ1v) is 10.8. The Hall–Kier alpha value is -2.72. The summed E-state index contributed by atoms with van der Waals surface area (Å²) in [7, 11) is 1.48. The molecule has 10 nitrogen and oxygen atoms in total. The van der Waals surface area contributed by atoms with Crippen LogP contribution in [0.4, 0.5) is 0 Å². The number of methoxy groups -OCH3 is 1. The molecular weight excluding hydrogens is 416 g/mol. The van der Waals surface area contributed by atoms with Gasteiger partial charge in [-0.1, -0.05) is 26.5 Å². The monoisotopic (exact) mass is 452 g/mol. The molecule has 0 spiro atoms. The standard InChI is InChI=1S/C22H36N4O6/c1-7-8-11-17(32-6)14(4)19(27)24-18(13(2)3)20(28)23-15(5)21(29)26-12-9-10-16(25-26)22(30)31/h7,13,15-18,25H,1,4,8-12H2,2-3,5-6H3,(H,23,28)(H,24,27)(H,30,31)/t15-,16-,17+,18-/m0/s1. The average Bonchev–Trinajstić information content (AvgIpc) is 2.76. The maximum absolute atomic E-state index is 12.8. The van der Waals surface area contributed by atoms with Crippen LogP contribution in [-0.4, -0.2) is 71.7 Å². The number of aliphatic carboxylic acids is 1. The lowest BCUT2D eigenvalue weighted by molar-refractivity contribution is -0.148. The third-order valence-corrected chi connectivity index (χ3v) is 5.31. The second-order valence-corrected chi connectivity index (χ2v) is 8.19. The Bertz CT molecular complexity index is 723. The van der Waals surface area contributed by atoms with Gasteiger partial charge in [0.05, 0.1) is 6.10 Å². The minimum absolute atomic E-state index is 0.203. The van der Waals surface area contributed by atoms with Gasteiger partial charge < -0.3 is 20.5 Å². The number of hydrogen-bond donors (Lipinski definition) is 4. The second-order valence-electron chi connectivity index (χ2n) is 8.19. The number of carboxylic acids is 1. The third-order valence-electron chi connectivity index (χ3n) is 5.31. The molecule has 3 amide bonds. The Balaban J connectivity index is 2.76. The van der Waals surface area contributed by atoms with Gasteiger partial charge in [0.2, 0.25) is 11.8 Å². The molecule has 0 aromatic carbocycles. The van der Waals surface area contributed by atoms with E-state index in [0.717, 1.165) is 0 Å². The minimum atomic E-state index is -1.04. The third kappa shape index (κ3) is 7.76. The van der Waals surface area contributed by atoms with Crippen LogP contribution in [0, 0.1) is 5.92 Å². The van der Waals surface area contributed by atoms with Crippen molar-refractivity contribution in [3.63, 3.8) is 0 Å². The lowest BCUT2D eigenvalue weighted by Gasteiger charge is -2.34. The molecule has 0 aromatic heterocycles. The van der Waals surface area contributed by atoms with E-state index in [4.69, 9.17) is 9.84 Å². The predicted molar refractivity (Wildman–Crippen MR) is 119 cm³/mol. The molecule has 1 fully saturated rings. The van der Waals surface area contributed by atoms with Gasteiger partial charge in [-0.3, -0.25) is 24.2 Å². The SMILES string of the molecule is C=CCC[C@@H](OC)C(=C)C(=O)N[C@H](C(=O)N[C@@H](C)C(=O)N1CCC[C@@H](C(=O)O)N1)C(C)C. The topological polar surface area (TPSA) is 137 Å². The van der Waals surface area contributed by atoms with Crippen molar-refractivity contribution in [2.75, 3.05) is 13.7 Å². The molecule has 0 unspecified atom stereocenters. The number of hydrogen-bond acceptors (Lipinski definition) is 6. The van der Waals surface area contributed by atoms with Crippen molar-refractivity contribution in [3.8, 4) is 0 Å². The van der Waals surface area contributed by atoms with E-state index < -0.39 is 47.9 Å². The zero-order valence-corrected chi connectivity index (χ0v) is 19.3. The highest BCUT2D eigenvalue weighted by Crippen LogP contribution is 2.13. The van der Waals surface area contributed by atoms with E-state index in [-0.39, 0.29) is 11.5 Å². The van der Waals surface area contributed by atoms with E-state index in [1.54, 1.807) is 19.9 Å². The molecule has 1 aliphatic heterocycles. The fourth-order valence-electron chi connectivity index (χ4n) is 3.34. The molecule has 0 bridgehead atoms. The van der Waals surface area contributed by atoms with Crippen molar-refractivity contribution in [1.29, 1.82) is 0 Å². The Labute approximate surface area is 189 Å². The Kier molecular flexibility index (Phi) is 11.1. The molecule has 1 aliphatic rings. The molecule has 1 heterocycles. The number of carboxylic acid groups (broad SMARTS) is 1. The van der Waals surface area contributed by atoms with Crippen molar-refractivity contribution >= 4 is 23.7 Å². The molecule has 0 aliphatic carbocycles. The molecular formula is C22H36N4O6. The first-order valence-electron chi connectivity index (χ1n) is 10.8. The van der Waals surface area contributed by atoms with Crippen LogP contribution in [0.1, 0.15) is 46.5 Å². The van der Waals surface area contributed by atoms with E-state index in [1.807, 2.05) is 0 Å². The zero-order valence-electron chi connectivity index (χ0n) is 19.3. The molecule has 180 valence electrons. The molecule has 4 atom stereocenters. The number of allylic oxidation sites excluding steroid dienone is 1. The number of carbonyl (C=O) groups is 4. The summed E-state index contributed by atoms with van der Waals surface area (Å²) in [5.74, 6) is -2.77. The van der Waals surface area contributed by atoms with Gasteiger partial charge in [0, 0.05) is 19.2 Å². The number of nitrogens with zero attached hydrogens (tertiary/aromatic N) is 1. The smallest absolute Gasteiger partial charge is 0.322 e. The summed E-state index contributed by atoms with van der Waals surface area (Å²) in [4.78, 5) is 49.4. The molecule has 32 heavy (non-hydrogen) atoms. The Morgan fingerprint density at radius 2 is 1.91 bits per heavy atom. The van der Waals surface area contributed by atoms with E-state index >= 15 is 0 Å². The summed E-state index contributed by atoms with van der Waals surface area (Å²) < 4.78 is 5.32. The largest absolute Gasteiger partial charge is 0.480 e. The quantitative estimate of drug-likeness (QED) is 0.253. The summed E-state index contributed by atoms with van der Waals surface area (Å²) >= 11 is 0. The van der Waals surface area contributed by atoms with Crippen molar-refractivity contribution in [2.24, 2.45) is 5.92 Å². The molecule has 0 radical (unpaired) electrons. The molecule has 1 rings (SSSR count). The zero-order chi connectivity index (χ0) is 24.4. The summed E-state index contributed by atoms with van der Waals surface area (Å²) in [5.41, 5.74) is 2.88. The lowest BCUT2D eigenvalue weighted by Crippen LogP contribution is -2.60. The molecule has 1 saturated heterocycles. The van der Waals surface area contributed by atoms with Gasteiger partial charge in [0.15, 0.2) is 0 Å². The van der Waals surface area contributed by atoms with Gasteiger partial charge in [-0.2, -0.15) is 0 Å². The maximum Gasteiger partial charge on any atom is 0.322 e. The number of rotatable bonds is 12. The number of hydrazine groups is 1. The van der Waals surface area contributed by atoms with Gasteiger partial charge in [-0.05, 0) is 38.5 Å². The number of ether oxygens (including phenoxy) is 1. The first-order chi connectivity index (χ1) is 15.0. The molecule has 4 N–H and O–H groups in total. The first kappa shape index (κ1) is 27.3. The highest BCUT2D eigenvalue weighted by atomic mass is 16.5. The van der Waals surface area contributed by atoms with Crippen LogP contribution in [0.25, 0.3) is 0 Å². The van der Waals surface area contributed by atoms with Gasteiger partial charge in [0.25, 0.3) is 5.91 Å². The normalized spacial score (nSPS) is 18.9. The highest BCUT2D eigenvalue weighted by Gasteiger charge is 2.33. The Morgan fingerprint density at radius 1 is 1.25 bits per heavy atom. The van der Waals surface area contributed by atoms with Crippen molar-refractivity contribution in [2.45, 2.75) is 70.7 Å². The molecule has 0 saturated carbocycles. The van der Waals surface area contributed by atoms with Crippen LogP contribution in [0.15, 0.2) is 24.8 Å². The lowest BCUT2D eigenvalue weighted by atomic mass is 10.0. The van der Waals surface area contributed by atoms with Crippen molar-refractivity contribution < 1.29 is 29.0 Å². The van der Waals surface area contributed by atoms with E-state index in [9.17, 15) is 19.2 Å². The van der Waals surface area contributed by atoms with Crippen LogP contribution in [0.2, 0.25) is 0 Å². The fraction of sp³-hybridized carbons (Fsp3) is 0.636. The van der Waals surface area contributed by atoms with Gasteiger partial charge in [-0.15, -0.1) is 6.58 Å². The second kappa shape index (κ2) is 13.0. The molecule has 10 heteroatoms. The molecule has 0 aromatic rings. The van der Waals surface area contributed by atoms with Crippen LogP contribution in [-0.2, 0) is 23.9 Å². The van der Waals surface area contributed by atoms with Gasteiger partial charge >= 0.3 is 5.97 Å². The van der Waals surface area contributed by atoms with E-state index in [1.165, 1.54) is 19.0 Å². The number of nitrogens with one attached hydrogen (secondary N) is 3. The fourth-order valence-corrected chi connectivity index (χ4v) is 3.34. The van der Waals surface area contributed by atoms with Crippen molar-refractivity contribution in [3.05, 3.63) is 24.8 Å².